The minimum atomic E-state index is -0.493. The van der Waals surface area contributed by atoms with E-state index in [-0.39, 0.29) is 11.8 Å². The lowest BCUT2D eigenvalue weighted by molar-refractivity contribution is -0.140. The summed E-state index contributed by atoms with van der Waals surface area (Å²) >= 11 is 0. The van der Waals surface area contributed by atoms with Crippen LogP contribution in [-0.4, -0.2) is 42.5 Å². The van der Waals surface area contributed by atoms with Crippen LogP contribution in [0.5, 0.6) is 5.75 Å². The van der Waals surface area contributed by atoms with Crippen molar-refractivity contribution < 1.29 is 14.3 Å². The molecular formula is C24H32N2O3. The summed E-state index contributed by atoms with van der Waals surface area (Å²) in [5.74, 6) is 0.679. The van der Waals surface area contributed by atoms with Crippen molar-refractivity contribution in [3.05, 3.63) is 66.2 Å². The van der Waals surface area contributed by atoms with Crippen LogP contribution in [0.15, 0.2) is 60.7 Å². The van der Waals surface area contributed by atoms with Gasteiger partial charge in [0, 0.05) is 19.5 Å². The summed E-state index contributed by atoms with van der Waals surface area (Å²) in [5, 5.41) is 2.90. The maximum atomic E-state index is 12.9. The van der Waals surface area contributed by atoms with Crippen molar-refractivity contribution in [2.75, 3.05) is 19.7 Å². The number of hydrogen-bond acceptors (Lipinski definition) is 3. The number of nitrogens with one attached hydrogen (secondary N) is 1. The molecule has 0 fully saturated rings. The Balaban J connectivity index is 1.90. The van der Waals surface area contributed by atoms with Crippen molar-refractivity contribution >= 4 is 11.8 Å². The van der Waals surface area contributed by atoms with Crippen LogP contribution < -0.4 is 10.1 Å². The second kappa shape index (κ2) is 12.6. The highest BCUT2D eigenvalue weighted by Crippen LogP contribution is 2.11. The molecule has 29 heavy (non-hydrogen) atoms. The summed E-state index contributed by atoms with van der Waals surface area (Å²) in [6, 6.07) is 19.1. The molecule has 0 aliphatic rings. The Morgan fingerprint density at radius 3 is 2.34 bits per heavy atom. The summed E-state index contributed by atoms with van der Waals surface area (Å²) < 4.78 is 5.68. The normalized spacial score (nSPS) is 11.5. The molecule has 0 radical (unpaired) electrons. The zero-order valence-electron chi connectivity index (χ0n) is 17.5. The number of amides is 2. The standard InChI is InChI=1S/C24H32N2O3/c1-3-17-25-24(28)20(2)26(18-16-21-11-6-4-7-12-21)23(27)15-10-19-29-22-13-8-5-9-14-22/h4-9,11-14,20H,3,10,15-19H2,1-2H3,(H,25,28)/t20-/m0/s1. The van der Waals surface area contributed by atoms with Gasteiger partial charge in [-0.15, -0.1) is 0 Å². The second-order valence-electron chi connectivity index (χ2n) is 7.05. The lowest BCUT2D eigenvalue weighted by Gasteiger charge is -2.29. The van der Waals surface area contributed by atoms with E-state index in [0.29, 0.717) is 32.5 Å². The molecule has 0 bridgehead atoms. The molecule has 0 heterocycles. The molecule has 5 heteroatoms. The Bertz CT molecular complexity index is 734. The molecule has 5 nitrogen and oxygen atoms in total. The fourth-order valence-corrected chi connectivity index (χ4v) is 3.04. The van der Waals surface area contributed by atoms with Gasteiger partial charge < -0.3 is 15.0 Å². The summed E-state index contributed by atoms with van der Waals surface area (Å²) in [6.07, 6.45) is 2.55. The largest absolute Gasteiger partial charge is 0.494 e. The van der Waals surface area contributed by atoms with E-state index in [0.717, 1.165) is 24.2 Å². The number of nitrogens with zero attached hydrogens (tertiary/aromatic N) is 1. The first-order valence-electron chi connectivity index (χ1n) is 10.4. The number of carbonyl (C=O) groups is 2. The van der Waals surface area contributed by atoms with E-state index >= 15 is 0 Å². The number of rotatable bonds is 12. The molecule has 2 amide bonds. The molecular weight excluding hydrogens is 364 g/mol. The maximum absolute atomic E-state index is 12.9. The first kappa shape index (κ1) is 22.5. The molecule has 156 valence electrons. The highest BCUT2D eigenvalue weighted by atomic mass is 16.5. The number of para-hydroxylation sites is 1. The molecule has 0 saturated carbocycles. The second-order valence-corrected chi connectivity index (χ2v) is 7.05. The monoisotopic (exact) mass is 396 g/mol. The lowest BCUT2D eigenvalue weighted by Crippen LogP contribution is -2.49. The zero-order chi connectivity index (χ0) is 20.9. The highest BCUT2D eigenvalue weighted by molar-refractivity contribution is 5.87. The molecule has 0 aliphatic heterocycles. The Labute approximate surface area is 174 Å². The van der Waals surface area contributed by atoms with Gasteiger partial charge in [0.05, 0.1) is 6.61 Å². The van der Waals surface area contributed by atoms with Crippen molar-refractivity contribution in [3.63, 3.8) is 0 Å². The fraction of sp³-hybridized carbons (Fsp3) is 0.417. The van der Waals surface area contributed by atoms with Gasteiger partial charge in [0.25, 0.3) is 0 Å². The first-order chi connectivity index (χ1) is 14.1. The van der Waals surface area contributed by atoms with Gasteiger partial charge in [-0.25, -0.2) is 0 Å². The third-order valence-corrected chi connectivity index (χ3v) is 4.75. The van der Waals surface area contributed by atoms with Crippen molar-refractivity contribution in [2.24, 2.45) is 0 Å². The lowest BCUT2D eigenvalue weighted by atomic mass is 10.1. The van der Waals surface area contributed by atoms with Crippen LogP contribution in [0.25, 0.3) is 0 Å². The number of benzene rings is 2. The van der Waals surface area contributed by atoms with E-state index in [4.69, 9.17) is 4.74 Å². The van der Waals surface area contributed by atoms with Gasteiger partial charge in [-0.2, -0.15) is 0 Å². The summed E-state index contributed by atoms with van der Waals surface area (Å²) in [6.45, 7) is 5.42. The molecule has 1 atom stereocenters. The highest BCUT2D eigenvalue weighted by Gasteiger charge is 2.25. The van der Waals surface area contributed by atoms with Crippen molar-refractivity contribution in [2.45, 2.75) is 45.6 Å². The van der Waals surface area contributed by atoms with E-state index in [1.807, 2.05) is 67.6 Å². The Morgan fingerprint density at radius 1 is 1.03 bits per heavy atom. The average molecular weight is 397 g/mol. The van der Waals surface area contributed by atoms with Crippen LogP contribution in [0.3, 0.4) is 0 Å². The zero-order valence-corrected chi connectivity index (χ0v) is 17.5. The average Bonchev–Trinajstić information content (AvgIpc) is 2.76. The van der Waals surface area contributed by atoms with Gasteiger partial charge >= 0.3 is 0 Å². The van der Waals surface area contributed by atoms with Crippen LogP contribution >= 0.6 is 0 Å². The summed E-state index contributed by atoms with van der Waals surface area (Å²) in [5.41, 5.74) is 1.15. The van der Waals surface area contributed by atoms with Gasteiger partial charge in [-0.1, -0.05) is 55.5 Å². The topological polar surface area (TPSA) is 58.6 Å². The quantitative estimate of drug-likeness (QED) is 0.555. The fourth-order valence-electron chi connectivity index (χ4n) is 3.04. The molecule has 0 saturated heterocycles. The minimum Gasteiger partial charge on any atom is -0.494 e. The number of carbonyl (C=O) groups excluding carboxylic acids is 2. The van der Waals surface area contributed by atoms with Crippen LogP contribution in [0.1, 0.15) is 38.7 Å². The number of ether oxygens (including phenoxy) is 1. The summed E-state index contributed by atoms with van der Waals surface area (Å²) in [4.78, 5) is 27.0. The third kappa shape index (κ3) is 7.98. The van der Waals surface area contributed by atoms with Crippen LogP contribution in [0, 0.1) is 0 Å². The smallest absolute Gasteiger partial charge is 0.242 e. The minimum absolute atomic E-state index is 0.0169. The SMILES string of the molecule is CCCNC(=O)[C@H](C)N(CCc1ccccc1)C(=O)CCCOc1ccccc1. The van der Waals surface area contributed by atoms with Crippen molar-refractivity contribution in [1.29, 1.82) is 0 Å². The maximum Gasteiger partial charge on any atom is 0.242 e. The predicted octanol–water partition coefficient (Wildman–Crippen LogP) is 3.83. The Hall–Kier alpha value is -2.82. The van der Waals surface area contributed by atoms with Gasteiger partial charge in [0.1, 0.15) is 11.8 Å². The van der Waals surface area contributed by atoms with E-state index < -0.39 is 6.04 Å². The van der Waals surface area contributed by atoms with Crippen molar-refractivity contribution in [1.82, 2.24) is 10.2 Å². The van der Waals surface area contributed by atoms with E-state index in [2.05, 4.69) is 5.32 Å². The van der Waals surface area contributed by atoms with Gasteiger partial charge in [-0.3, -0.25) is 9.59 Å². The Morgan fingerprint density at radius 2 is 1.69 bits per heavy atom. The van der Waals surface area contributed by atoms with E-state index in [9.17, 15) is 9.59 Å². The van der Waals surface area contributed by atoms with Crippen LogP contribution in [0.2, 0.25) is 0 Å². The molecule has 1 N–H and O–H groups in total. The van der Waals surface area contributed by atoms with Gasteiger partial charge in [0.2, 0.25) is 11.8 Å². The molecule has 0 unspecified atom stereocenters. The molecule has 2 rings (SSSR count). The first-order valence-corrected chi connectivity index (χ1v) is 10.4. The van der Waals surface area contributed by atoms with E-state index in [1.165, 1.54) is 0 Å². The van der Waals surface area contributed by atoms with Gasteiger partial charge in [0.15, 0.2) is 0 Å². The third-order valence-electron chi connectivity index (χ3n) is 4.75. The van der Waals surface area contributed by atoms with Crippen LogP contribution in [-0.2, 0) is 16.0 Å². The molecule has 2 aromatic rings. The Kier molecular flexibility index (Phi) is 9.76. The van der Waals surface area contributed by atoms with Gasteiger partial charge in [-0.05, 0) is 43.9 Å². The number of hydrogen-bond donors (Lipinski definition) is 1. The predicted molar refractivity (Wildman–Crippen MR) is 116 cm³/mol. The van der Waals surface area contributed by atoms with Crippen molar-refractivity contribution in [3.8, 4) is 5.75 Å². The molecule has 0 aromatic heterocycles. The molecule has 0 spiro atoms. The summed E-state index contributed by atoms with van der Waals surface area (Å²) in [7, 11) is 0. The molecule has 0 aliphatic carbocycles. The van der Waals surface area contributed by atoms with Crippen LogP contribution in [0.4, 0.5) is 0 Å². The van der Waals surface area contributed by atoms with E-state index in [1.54, 1.807) is 11.8 Å². The molecule has 2 aromatic carbocycles.